The molecule has 1 aromatic heterocycles. The molecule has 27 heavy (non-hydrogen) atoms. The molecule has 3 rings (SSSR count). The van der Waals surface area contributed by atoms with E-state index in [9.17, 15) is 4.79 Å². The predicted molar refractivity (Wildman–Crippen MR) is 106 cm³/mol. The summed E-state index contributed by atoms with van der Waals surface area (Å²) < 4.78 is 5.39. The van der Waals surface area contributed by atoms with Crippen LogP contribution in [0.15, 0.2) is 28.8 Å². The van der Waals surface area contributed by atoms with Crippen molar-refractivity contribution in [2.75, 3.05) is 26.2 Å². The van der Waals surface area contributed by atoms with Gasteiger partial charge >= 0.3 is 0 Å². The van der Waals surface area contributed by atoms with Crippen molar-refractivity contribution < 1.29 is 9.32 Å². The van der Waals surface area contributed by atoms with Crippen LogP contribution in [0.1, 0.15) is 38.5 Å². The minimum atomic E-state index is 0.161. The summed E-state index contributed by atoms with van der Waals surface area (Å²) in [6, 6.07) is 7.45. The first kappa shape index (κ1) is 19.8. The summed E-state index contributed by atoms with van der Waals surface area (Å²) in [5.74, 6) is 1.89. The van der Waals surface area contributed by atoms with Crippen LogP contribution in [-0.2, 0) is 11.2 Å². The van der Waals surface area contributed by atoms with Gasteiger partial charge in [-0.05, 0) is 43.9 Å². The summed E-state index contributed by atoms with van der Waals surface area (Å²) in [7, 11) is 0. The number of amides is 1. The molecule has 2 aromatic rings. The van der Waals surface area contributed by atoms with E-state index in [2.05, 4.69) is 20.4 Å². The number of carbonyl (C=O) groups is 1. The van der Waals surface area contributed by atoms with Gasteiger partial charge in [-0.25, -0.2) is 0 Å². The van der Waals surface area contributed by atoms with Crippen LogP contribution >= 0.6 is 11.6 Å². The fourth-order valence-electron chi connectivity index (χ4n) is 3.45. The van der Waals surface area contributed by atoms with Crippen LogP contribution in [0.25, 0.3) is 11.4 Å². The summed E-state index contributed by atoms with van der Waals surface area (Å²) in [4.78, 5) is 18.6. The zero-order valence-corrected chi connectivity index (χ0v) is 16.5. The van der Waals surface area contributed by atoms with Gasteiger partial charge in [0.25, 0.3) is 0 Å². The van der Waals surface area contributed by atoms with E-state index in [0.29, 0.717) is 29.1 Å². The highest BCUT2D eigenvalue weighted by Crippen LogP contribution is 2.20. The molecular formula is C20H27ClN4O2. The molecular weight excluding hydrogens is 364 g/mol. The number of hydrogen-bond acceptors (Lipinski definition) is 5. The lowest BCUT2D eigenvalue weighted by molar-refractivity contribution is -0.121. The van der Waals surface area contributed by atoms with Gasteiger partial charge in [-0.2, -0.15) is 4.98 Å². The molecule has 1 saturated heterocycles. The molecule has 1 aromatic carbocycles. The lowest BCUT2D eigenvalue weighted by Crippen LogP contribution is -2.41. The van der Waals surface area contributed by atoms with Crippen molar-refractivity contribution in [3.05, 3.63) is 35.2 Å². The van der Waals surface area contributed by atoms with Crippen LogP contribution in [-0.4, -0.2) is 47.1 Å². The van der Waals surface area contributed by atoms with E-state index in [1.54, 1.807) is 0 Å². The van der Waals surface area contributed by atoms with Gasteiger partial charge in [0.15, 0.2) is 0 Å². The minimum Gasteiger partial charge on any atom is -0.356 e. The Morgan fingerprint density at radius 3 is 3.15 bits per heavy atom. The van der Waals surface area contributed by atoms with Crippen LogP contribution in [0, 0.1) is 5.92 Å². The van der Waals surface area contributed by atoms with Crippen molar-refractivity contribution in [1.29, 1.82) is 0 Å². The molecule has 1 aliphatic rings. The minimum absolute atomic E-state index is 0.161. The first-order chi connectivity index (χ1) is 13.1. The molecule has 6 nitrogen and oxygen atoms in total. The van der Waals surface area contributed by atoms with Gasteiger partial charge in [0.1, 0.15) is 0 Å². The number of rotatable bonds is 8. The van der Waals surface area contributed by atoms with Gasteiger partial charge in [0, 0.05) is 43.1 Å². The van der Waals surface area contributed by atoms with E-state index in [1.165, 1.54) is 6.42 Å². The second kappa shape index (κ2) is 9.85. The van der Waals surface area contributed by atoms with Crippen molar-refractivity contribution in [3.8, 4) is 11.4 Å². The van der Waals surface area contributed by atoms with E-state index < -0.39 is 0 Å². The number of piperidine rings is 1. The second-order valence-electron chi connectivity index (χ2n) is 7.14. The quantitative estimate of drug-likeness (QED) is 0.746. The van der Waals surface area contributed by atoms with Crippen molar-refractivity contribution in [2.24, 2.45) is 5.92 Å². The van der Waals surface area contributed by atoms with Gasteiger partial charge in [-0.1, -0.05) is 35.8 Å². The number of nitrogens with zero attached hydrogens (tertiary/aromatic N) is 3. The fourth-order valence-corrected chi connectivity index (χ4v) is 3.64. The molecule has 0 saturated carbocycles. The monoisotopic (exact) mass is 390 g/mol. The zero-order valence-electron chi connectivity index (χ0n) is 15.8. The fraction of sp³-hybridized carbons (Fsp3) is 0.550. The number of hydrogen-bond donors (Lipinski definition) is 1. The number of nitrogens with one attached hydrogen (secondary N) is 1. The standard InChI is InChI=1S/C20H27ClN4O2/c1-2-5-18(26)22-13-15-6-4-10-25(14-15)11-9-19-23-20(24-27-19)16-7-3-8-17(21)12-16/h3,7-8,12,15H,2,4-6,9-11,13-14H2,1H3,(H,22,26). The SMILES string of the molecule is CCCC(=O)NCC1CCCN(CCc2nc(-c3cccc(Cl)c3)no2)C1. The van der Waals surface area contributed by atoms with E-state index in [1.807, 2.05) is 31.2 Å². The highest BCUT2D eigenvalue weighted by atomic mass is 35.5. The van der Waals surface area contributed by atoms with Gasteiger partial charge in [-0.15, -0.1) is 0 Å². The van der Waals surface area contributed by atoms with E-state index in [0.717, 1.165) is 51.0 Å². The van der Waals surface area contributed by atoms with Crippen molar-refractivity contribution in [2.45, 2.75) is 39.0 Å². The Kier molecular flexibility index (Phi) is 7.24. The Balaban J connectivity index is 1.46. The molecule has 1 aliphatic heterocycles. The summed E-state index contributed by atoms with van der Waals surface area (Å²) >= 11 is 6.02. The summed E-state index contributed by atoms with van der Waals surface area (Å²) in [6.45, 7) is 5.76. The molecule has 1 amide bonds. The summed E-state index contributed by atoms with van der Waals surface area (Å²) in [6.07, 6.45) is 4.56. The second-order valence-corrected chi connectivity index (χ2v) is 7.57. The van der Waals surface area contributed by atoms with Crippen LogP contribution in [0.3, 0.4) is 0 Å². The van der Waals surface area contributed by atoms with Crippen LogP contribution in [0.5, 0.6) is 0 Å². The highest BCUT2D eigenvalue weighted by Gasteiger charge is 2.21. The van der Waals surface area contributed by atoms with Crippen molar-refractivity contribution >= 4 is 17.5 Å². The average molecular weight is 391 g/mol. The Morgan fingerprint density at radius 2 is 2.33 bits per heavy atom. The summed E-state index contributed by atoms with van der Waals surface area (Å²) in [5, 5.41) is 7.77. The van der Waals surface area contributed by atoms with Crippen molar-refractivity contribution in [1.82, 2.24) is 20.4 Å². The molecule has 0 radical (unpaired) electrons. The van der Waals surface area contributed by atoms with E-state index >= 15 is 0 Å². The van der Waals surface area contributed by atoms with Crippen LogP contribution < -0.4 is 5.32 Å². The molecule has 146 valence electrons. The number of halogens is 1. The topological polar surface area (TPSA) is 71.3 Å². The van der Waals surface area contributed by atoms with E-state index in [-0.39, 0.29) is 5.91 Å². The molecule has 0 spiro atoms. The van der Waals surface area contributed by atoms with Crippen molar-refractivity contribution in [3.63, 3.8) is 0 Å². The first-order valence-corrected chi connectivity index (χ1v) is 10.1. The normalized spacial score (nSPS) is 17.8. The van der Waals surface area contributed by atoms with Gasteiger partial charge in [-0.3, -0.25) is 4.79 Å². The Labute approximate surface area is 165 Å². The summed E-state index contributed by atoms with van der Waals surface area (Å²) in [5.41, 5.74) is 0.860. The van der Waals surface area contributed by atoms with Gasteiger partial charge in [0.05, 0.1) is 0 Å². The Morgan fingerprint density at radius 1 is 1.44 bits per heavy atom. The maximum atomic E-state index is 11.7. The third-order valence-corrected chi connectivity index (χ3v) is 5.10. The molecule has 1 atom stereocenters. The molecule has 0 aliphatic carbocycles. The Hall–Kier alpha value is -1.92. The molecule has 1 N–H and O–H groups in total. The first-order valence-electron chi connectivity index (χ1n) is 9.71. The molecule has 0 bridgehead atoms. The van der Waals surface area contributed by atoms with Crippen LogP contribution in [0.2, 0.25) is 5.02 Å². The number of aromatic nitrogens is 2. The number of benzene rings is 1. The molecule has 1 unspecified atom stereocenters. The lowest BCUT2D eigenvalue weighted by atomic mass is 9.98. The molecule has 1 fully saturated rings. The maximum Gasteiger partial charge on any atom is 0.228 e. The molecule has 7 heteroatoms. The number of carbonyl (C=O) groups excluding carboxylic acids is 1. The third-order valence-electron chi connectivity index (χ3n) is 4.86. The lowest BCUT2D eigenvalue weighted by Gasteiger charge is -2.32. The Bertz CT molecular complexity index is 749. The average Bonchev–Trinajstić information content (AvgIpc) is 3.15. The highest BCUT2D eigenvalue weighted by molar-refractivity contribution is 6.30. The third kappa shape index (κ3) is 6.04. The smallest absolute Gasteiger partial charge is 0.228 e. The predicted octanol–water partition coefficient (Wildman–Crippen LogP) is 3.56. The van der Waals surface area contributed by atoms with E-state index in [4.69, 9.17) is 16.1 Å². The zero-order chi connectivity index (χ0) is 19.1. The molecule has 2 heterocycles. The number of likely N-dealkylation sites (tertiary alicyclic amines) is 1. The van der Waals surface area contributed by atoms with Crippen LogP contribution in [0.4, 0.5) is 0 Å². The van der Waals surface area contributed by atoms with Gasteiger partial charge in [0.2, 0.25) is 17.6 Å². The maximum absolute atomic E-state index is 11.7. The van der Waals surface area contributed by atoms with Gasteiger partial charge < -0.3 is 14.7 Å². The largest absolute Gasteiger partial charge is 0.356 e.